The van der Waals surface area contributed by atoms with E-state index in [1.807, 2.05) is 0 Å². The highest BCUT2D eigenvalue weighted by Crippen LogP contribution is 2.26. The minimum absolute atomic E-state index is 0.147. The number of hydrogen-bond donors (Lipinski definition) is 1. The van der Waals surface area contributed by atoms with Gasteiger partial charge in [0, 0.05) is 25.2 Å². The van der Waals surface area contributed by atoms with Gasteiger partial charge < -0.3 is 10.2 Å². The number of rotatable bonds is 3. The Hall–Kier alpha value is -1.23. The maximum Gasteiger partial charge on any atom is 0.196 e. The molecule has 1 heterocycles. The van der Waals surface area contributed by atoms with Crippen molar-refractivity contribution in [2.45, 2.75) is 38.8 Å². The smallest absolute Gasteiger partial charge is 0.196 e. The van der Waals surface area contributed by atoms with Gasteiger partial charge in [-0.1, -0.05) is 13.8 Å². The van der Waals surface area contributed by atoms with Crippen molar-refractivity contribution < 1.29 is 13.2 Å². The highest BCUT2D eigenvalue weighted by atomic mass is 19.2. The van der Waals surface area contributed by atoms with Gasteiger partial charge in [0.15, 0.2) is 17.5 Å². The molecule has 0 saturated carbocycles. The van der Waals surface area contributed by atoms with Gasteiger partial charge in [-0.05, 0) is 25.0 Å². The highest BCUT2D eigenvalue weighted by molar-refractivity contribution is 5.49. The summed E-state index contributed by atoms with van der Waals surface area (Å²) in [5.74, 6) is -3.63. The molecule has 19 heavy (non-hydrogen) atoms. The number of halogens is 3. The first-order valence-corrected chi connectivity index (χ1v) is 6.63. The van der Waals surface area contributed by atoms with Crippen molar-refractivity contribution in [1.29, 1.82) is 0 Å². The van der Waals surface area contributed by atoms with E-state index >= 15 is 0 Å². The molecular formula is C14H19F3N2. The monoisotopic (exact) mass is 272 g/mol. The van der Waals surface area contributed by atoms with Gasteiger partial charge in [-0.25, -0.2) is 13.2 Å². The predicted molar refractivity (Wildman–Crippen MR) is 69.8 cm³/mol. The van der Waals surface area contributed by atoms with Crippen molar-refractivity contribution >= 4 is 5.69 Å². The number of hydrogen-bond acceptors (Lipinski definition) is 2. The topological polar surface area (TPSA) is 15.3 Å². The summed E-state index contributed by atoms with van der Waals surface area (Å²) >= 11 is 0. The molecule has 1 aliphatic rings. The summed E-state index contributed by atoms with van der Waals surface area (Å²) in [4.78, 5) is 1.78. The molecule has 0 radical (unpaired) electrons. The van der Waals surface area contributed by atoms with Gasteiger partial charge in [0.25, 0.3) is 0 Å². The molecule has 5 heteroatoms. The van der Waals surface area contributed by atoms with Crippen molar-refractivity contribution in [2.24, 2.45) is 0 Å². The van der Waals surface area contributed by atoms with Crippen molar-refractivity contribution in [2.75, 3.05) is 18.0 Å². The quantitative estimate of drug-likeness (QED) is 0.851. The zero-order valence-electron chi connectivity index (χ0n) is 11.2. The maximum absolute atomic E-state index is 13.8. The molecule has 1 atom stereocenters. The Kier molecular flexibility index (Phi) is 4.34. The Bertz CT molecular complexity index is 449. The van der Waals surface area contributed by atoms with Crippen LogP contribution in [0.4, 0.5) is 18.9 Å². The van der Waals surface area contributed by atoms with Crippen LogP contribution in [-0.4, -0.2) is 25.2 Å². The molecule has 1 unspecified atom stereocenters. The average Bonchev–Trinajstić information content (AvgIpc) is 2.36. The van der Waals surface area contributed by atoms with E-state index in [1.165, 1.54) is 6.07 Å². The Balaban J connectivity index is 2.15. The standard InChI is InChI=1S/C14H19F3N2/c1-9(2)18-10-4-3-7-19(8-10)12-6-5-11(15)13(16)14(12)17/h5-6,9-10,18H,3-4,7-8H2,1-2H3. The SMILES string of the molecule is CC(C)NC1CCCN(c2ccc(F)c(F)c2F)C1. The Labute approximate surface area is 111 Å². The van der Waals surface area contributed by atoms with E-state index in [0.29, 0.717) is 19.1 Å². The number of nitrogens with one attached hydrogen (secondary N) is 1. The zero-order valence-corrected chi connectivity index (χ0v) is 11.2. The molecule has 1 fully saturated rings. The van der Waals surface area contributed by atoms with E-state index in [0.717, 1.165) is 18.9 Å². The van der Waals surface area contributed by atoms with Crippen LogP contribution in [0.15, 0.2) is 12.1 Å². The lowest BCUT2D eigenvalue weighted by Crippen LogP contribution is -2.48. The van der Waals surface area contributed by atoms with Gasteiger partial charge in [-0.3, -0.25) is 0 Å². The normalized spacial score (nSPS) is 20.1. The third-order valence-corrected chi connectivity index (χ3v) is 3.35. The van der Waals surface area contributed by atoms with Crippen LogP contribution < -0.4 is 10.2 Å². The van der Waals surface area contributed by atoms with Crippen LogP contribution in [0, 0.1) is 17.5 Å². The van der Waals surface area contributed by atoms with Crippen LogP contribution in [0.1, 0.15) is 26.7 Å². The molecule has 2 rings (SSSR count). The van der Waals surface area contributed by atoms with E-state index in [2.05, 4.69) is 19.2 Å². The van der Waals surface area contributed by atoms with Crippen LogP contribution in [0.25, 0.3) is 0 Å². The van der Waals surface area contributed by atoms with Crippen molar-refractivity contribution in [1.82, 2.24) is 5.32 Å². The Morgan fingerprint density at radius 1 is 1.21 bits per heavy atom. The van der Waals surface area contributed by atoms with Crippen molar-refractivity contribution in [3.63, 3.8) is 0 Å². The summed E-state index contributed by atoms with van der Waals surface area (Å²) in [5, 5.41) is 3.39. The third-order valence-electron chi connectivity index (χ3n) is 3.35. The minimum Gasteiger partial charge on any atom is -0.368 e. The lowest BCUT2D eigenvalue weighted by Gasteiger charge is -2.36. The largest absolute Gasteiger partial charge is 0.368 e. The zero-order chi connectivity index (χ0) is 14.0. The number of nitrogens with zero attached hydrogens (tertiary/aromatic N) is 1. The third kappa shape index (κ3) is 3.21. The number of anilines is 1. The van der Waals surface area contributed by atoms with E-state index in [-0.39, 0.29) is 11.7 Å². The van der Waals surface area contributed by atoms with Crippen molar-refractivity contribution in [3.05, 3.63) is 29.6 Å². The minimum atomic E-state index is -1.39. The second-order valence-electron chi connectivity index (χ2n) is 5.30. The summed E-state index contributed by atoms with van der Waals surface area (Å²) in [7, 11) is 0. The number of benzene rings is 1. The Morgan fingerprint density at radius 2 is 1.95 bits per heavy atom. The van der Waals surface area contributed by atoms with Crippen LogP contribution in [0.2, 0.25) is 0 Å². The molecule has 0 bridgehead atoms. The van der Waals surface area contributed by atoms with Gasteiger partial charge >= 0.3 is 0 Å². The second kappa shape index (κ2) is 5.82. The Morgan fingerprint density at radius 3 is 2.63 bits per heavy atom. The lowest BCUT2D eigenvalue weighted by atomic mass is 10.0. The van der Waals surface area contributed by atoms with E-state index in [9.17, 15) is 13.2 Å². The first kappa shape index (κ1) is 14.2. The van der Waals surface area contributed by atoms with Crippen LogP contribution in [0.5, 0.6) is 0 Å². The van der Waals surface area contributed by atoms with Gasteiger partial charge in [0.2, 0.25) is 0 Å². The first-order valence-electron chi connectivity index (χ1n) is 6.63. The molecule has 1 N–H and O–H groups in total. The molecule has 1 aromatic carbocycles. The lowest BCUT2D eigenvalue weighted by molar-refractivity contribution is 0.389. The van der Waals surface area contributed by atoms with Crippen LogP contribution in [-0.2, 0) is 0 Å². The maximum atomic E-state index is 13.8. The second-order valence-corrected chi connectivity index (χ2v) is 5.30. The van der Waals surface area contributed by atoms with Crippen LogP contribution >= 0.6 is 0 Å². The van der Waals surface area contributed by atoms with Gasteiger partial charge in [0.05, 0.1) is 5.69 Å². The highest BCUT2D eigenvalue weighted by Gasteiger charge is 2.24. The van der Waals surface area contributed by atoms with E-state index in [4.69, 9.17) is 0 Å². The summed E-state index contributed by atoms with van der Waals surface area (Å²) in [6.07, 6.45) is 1.92. The number of piperidine rings is 1. The predicted octanol–water partition coefficient (Wildman–Crippen LogP) is 3.07. The molecule has 1 saturated heterocycles. The fourth-order valence-electron chi connectivity index (χ4n) is 2.56. The van der Waals surface area contributed by atoms with Crippen LogP contribution in [0.3, 0.4) is 0 Å². The molecule has 0 aromatic heterocycles. The molecule has 0 amide bonds. The van der Waals surface area contributed by atoms with Gasteiger partial charge in [-0.2, -0.15) is 0 Å². The summed E-state index contributed by atoms with van der Waals surface area (Å²) in [6.45, 7) is 5.38. The van der Waals surface area contributed by atoms with E-state index in [1.54, 1.807) is 4.90 Å². The van der Waals surface area contributed by atoms with Gasteiger partial charge in [0.1, 0.15) is 0 Å². The molecule has 1 aliphatic heterocycles. The fraction of sp³-hybridized carbons (Fsp3) is 0.571. The van der Waals surface area contributed by atoms with Crippen molar-refractivity contribution in [3.8, 4) is 0 Å². The average molecular weight is 272 g/mol. The summed E-state index contributed by atoms with van der Waals surface area (Å²) in [6, 6.07) is 2.89. The fourth-order valence-corrected chi connectivity index (χ4v) is 2.56. The molecule has 2 nitrogen and oxygen atoms in total. The van der Waals surface area contributed by atoms with Gasteiger partial charge in [-0.15, -0.1) is 0 Å². The molecule has 0 aliphatic carbocycles. The molecule has 106 valence electrons. The molecule has 1 aromatic rings. The van der Waals surface area contributed by atoms with E-state index < -0.39 is 17.5 Å². The molecule has 0 spiro atoms. The molecular weight excluding hydrogens is 253 g/mol. The summed E-state index contributed by atoms with van der Waals surface area (Å²) in [5.41, 5.74) is 0.147. The first-order chi connectivity index (χ1) is 8.99. The summed E-state index contributed by atoms with van der Waals surface area (Å²) < 4.78 is 40.0.